The minimum absolute atomic E-state index is 0.0534. The first-order valence-corrected chi connectivity index (χ1v) is 11.9. The normalized spacial score (nSPS) is 16.8. The molecule has 0 bridgehead atoms. The molecule has 0 radical (unpaired) electrons. The van der Waals surface area contributed by atoms with Gasteiger partial charge in [-0.3, -0.25) is 24.3 Å². The van der Waals surface area contributed by atoms with E-state index in [0.29, 0.717) is 24.5 Å². The molecule has 0 atom stereocenters. The number of aromatic nitrogens is 2. The van der Waals surface area contributed by atoms with E-state index in [1.807, 2.05) is 6.07 Å². The molecule has 1 aliphatic heterocycles. The number of hydrogen-bond acceptors (Lipinski definition) is 7. The topological polar surface area (TPSA) is 89.1 Å². The molecule has 2 aromatic rings. The minimum Gasteiger partial charge on any atom is -0.313 e. The third-order valence-electron chi connectivity index (χ3n) is 5.12. The summed E-state index contributed by atoms with van der Waals surface area (Å²) in [4.78, 5) is 5.18. The van der Waals surface area contributed by atoms with Gasteiger partial charge >= 0.3 is 0 Å². The number of nitrogens with one attached hydrogen (secondary N) is 4. The molecule has 2 aliphatic rings. The molecular formula is C20H24ClF3N6S2. The van der Waals surface area contributed by atoms with Gasteiger partial charge in [-0.2, -0.15) is 0 Å². The van der Waals surface area contributed by atoms with Crippen molar-refractivity contribution in [3.63, 3.8) is 0 Å². The SMILES string of the molecule is CF.N=C(CF)SC(=N)c1nc(Cl)c2c(C3=CCNCC3)cc(SNC3(CF)CC3)cn12. The number of imidazole rings is 1. The van der Waals surface area contributed by atoms with Crippen LogP contribution < -0.4 is 10.0 Å². The zero-order valence-electron chi connectivity index (χ0n) is 17.4. The Bertz CT molecular complexity index is 1040. The Morgan fingerprint density at radius 2 is 2.09 bits per heavy atom. The lowest BCUT2D eigenvalue weighted by molar-refractivity contribution is 0.402. The second-order valence-electron chi connectivity index (χ2n) is 7.32. The van der Waals surface area contributed by atoms with Crippen molar-refractivity contribution < 1.29 is 13.2 Å². The molecule has 174 valence electrons. The summed E-state index contributed by atoms with van der Waals surface area (Å²) in [5, 5.41) is 19.1. The summed E-state index contributed by atoms with van der Waals surface area (Å²) in [7, 11) is 0.500. The lowest BCUT2D eigenvalue weighted by atomic mass is 10.0. The molecule has 3 heterocycles. The highest BCUT2D eigenvalue weighted by Crippen LogP contribution is 2.40. The van der Waals surface area contributed by atoms with E-state index in [1.165, 1.54) is 11.9 Å². The monoisotopic (exact) mass is 504 g/mol. The quantitative estimate of drug-likeness (QED) is 0.240. The number of pyridine rings is 1. The van der Waals surface area contributed by atoms with Crippen LogP contribution in [0.5, 0.6) is 0 Å². The number of thioether (sulfide) groups is 1. The van der Waals surface area contributed by atoms with Crippen molar-refractivity contribution in [1.82, 2.24) is 19.4 Å². The highest BCUT2D eigenvalue weighted by molar-refractivity contribution is 8.26. The van der Waals surface area contributed by atoms with Gasteiger partial charge in [-0.05, 0) is 61.2 Å². The molecule has 0 saturated heterocycles. The molecule has 2 aromatic heterocycles. The number of nitrogens with zero attached hydrogens (tertiary/aromatic N) is 2. The van der Waals surface area contributed by atoms with Crippen molar-refractivity contribution >= 4 is 56.5 Å². The summed E-state index contributed by atoms with van der Waals surface area (Å²) in [5.74, 6) is 0.253. The van der Waals surface area contributed by atoms with Gasteiger partial charge in [-0.15, -0.1) is 0 Å². The van der Waals surface area contributed by atoms with E-state index in [2.05, 4.69) is 21.1 Å². The number of alkyl halides is 3. The van der Waals surface area contributed by atoms with Crippen LogP contribution in [0.4, 0.5) is 13.2 Å². The maximum atomic E-state index is 13.3. The van der Waals surface area contributed by atoms with Gasteiger partial charge in [-0.25, -0.2) is 13.8 Å². The maximum Gasteiger partial charge on any atom is 0.171 e. The Morgan fingerprint density at radius 3 is 2.69 bits per heavy atom. The maximum absolute atomic E-state index is 13.3. The van der Waals surface area contributed by atoms with Crippen molar-refractivity contribution in [3.05, 3.63) is 34.9 Å². The summed E-state index contributed by atoms with van der Waals surface area (Å²) in [6, 6.07) is 2.01. The minimum atomic E-state index is -0.939. The van der Waals surface area contributed by atoms with E-state index >= 15 is 0 Å². The van der Waals surface area contributed by atoms with Crippen LogP contribution in [0.25, 0.3) is 11.1 Å². The molecule has 1 aliphatic carbocycles. The molecule has 0 unspecified atom stereocenters. The third kappa shape index (κ3) is 5.51. The molecule has 4 N–H and O–H groups in total. The Morgan fingerprint density at radius 1 is 1.34 bits per heavy atom. The predicted octanol–water partition coefficient (Wildman–Crippen LogP) is 5.05. The van der Waals surface area contributed by atoms with E-state index in [0.717, 1.165) is 48.4 Å². The van der Waals surface area contributed by atoms with E-state index in [-0.39, 0.29) is 21.1 Å². The predicted molar refractivity (Wildman–Crippen MR) is 128 cm³/mol. The van der Waals surface area contributed by atoms with Crippen LogP contribution in [-0.2, 0) is 0 Å². The fourth-order valence-corrected chi connectivity index (χ4v) is 4.99. The van der Waals surface area contributed by atoms with Crippen molar-refractivity contribution in [3.8, 4) is 0 Å². The van der Waals surface area contributed by atoms with E-state index in [9.17, 15) is 13.2 Å². The summed E-state index contributed by atoms with van der Waals surface area (Å²) in [5.41, 5.74) is 2.25. The van der Waals surface area contributed by atoms with Gasteiger partial charge in [0.05, 0.1) is 18.2 Å². The number of rotatable bonds is 7. The van der Waals surface area contributed by atoms with Crippen LogP contribution in [0.3, 0.4) is 0 Å². The zero-order valence-corrected chi connectivity index (χ0v) is 19.8. The molecule has 1 saturated carbocycles. The van der Waals surface area contributed by atoms with Crippen molar-refractivity contribution in [2.75, 3.05) is 33.6 Å². The van der Waals surface area contributed by atoms with Crippen molar-refractivity contribution in [2.24, 2.45) is 0 Å². The molecule has 1 fully saturated rings. The molecule has 0 amide bonds. The average molecular weight is 505 g/mol. The van der Waals surface area contributed by atoms with Gasteiger partial charge in [0.25, 0.3) is 0 Å². The van der Waals surface area contributed by atoms with E-state index in [1.54, 1.807) is 10.6 Å². The zero-order chi connectivity index (χ0) is 23.3. The molecular weight excluding hydrogens is 481 g/mol. The van der Waals surface area contributed by atoms with Crippen LogP contribution in [0.1, 0.15) is 30.7 Å². The van der Waals surface area contributed by atoms with E-state index in [4.69, 9.17) is 22.4 Å². The molecule has 0 aromatic carbocycles. The second kappa shape index (κ2) is 11.1. The Kier molecular flexibility index (Phi) is 8.68. The van der Waals surface area contributed by atoms with Gasteiger partial charge in [0.15, 0.2) is 11.0 Å². The van der Waals surface area contributed by atoms with Crippen molar-refractivity contribution in [1.29, 1.82) is 10.8 Å². The molecule has 4 rings (SSSR count). The van der Waals surface area contributed by atoms with E-state index < -0.39 is 18.9 Å². The third-order valence-corrected chi connectivity index (χ3v) is 7.12. The molecule has 32 heavy (non-hydrogen) atoms. The largest absolute Gasteiger partial charge is 0.313 e. The first-order chi connectivity index (χ1) is 15.5. The lowest BCUT2D eigenvalue weighted by Gasteiger charge is -2.18. The Balaban J connectivity index is 0.00000141. The molecule has 12 heteroatoms. The fraction of sp³-hybridized carbons (Fsp3) is 0.450. The Hall–Kier alpha value is -1.53. The summed E-state index contributed by atoms with van der Waals surface area (Å²) >= 11 is 8.53. The van der Waals surface area contributed by atoms with Gasteiger partial charge < -0.3 is 5.32 Å². The number of hydrogen-bond donors (Lipinski definition) is 4. The van der Waals surface area contributed by atoms with Crippen molar-refractivity contribution in [2.45, 2.75) is 29.7 Å². The molecule has 0 spiro atoms. The number of halogens is 4. The van der Waals surface area contributed by atoms with Gasteiger partial charge in [0, 0.05) is 23.2 Å². The van der Waals surface area contributed by atoms with Crippen LogP contribution in [0.15, 0.2) is 23.2 Å². The second-order valence-corrected chi connectivity index (χ2v) is 9.67. The van der Waals surface area contributed by atoms with Crippen LogP contribution in [-0.4, -0.2) is 58.6 Å². The highest BCUT2D eigenvalue weighted by Gasteiger charge is 2.43. The summed E-state index contributed by atoms with van der Waals surface area (Å²) in [6.45, 7) is 0.239. The Labute approximate surface area is 197 Å². The summed E-state index contributed by atoms with van der Waals surface area (Å²) < 4.78 is 40.5. The first-order valence-electron chi connectivity index (χ1n) is 9.86. The smallest absolute Gasteiger partial charge is 0.171 e. The lowest BCUT2D eigenvalue weighted by Crippen LogP contribution is -2.27. The van der Waals surface area contributed by atoms with Gasteiger partial charge in [0.1, 0.15) is 23.4 Å². The average Bonchev–Trinajstić information content (AvgIpc) is 3.55. The standard InChI is InChI=1S/C19H21ClF2N6S2.CH3F/c20-16-15-13(11-1-5-25-6-2-11)7-12(30-27-19(10-22)3-4-19)9-28(15)18(26-16)17(24)29-14(23)8-21;1-2/h1,7,9,23-25,27H,2-6,8,10H2;1H3. The summed E-state index contributed by atoms with van der Waals surface area (Å²) in [6.07, 6.45) is 6.33. The van der Waals surface area contributed by atoms with Gasteiger partial charge in [0.2, 0.25) is 0 Å². The highest BCUT2D eigenvalue weighted by atomic mass is 35.5. The van der Waals surface area contributed by atoms with Crippen LogP contribution in [0, 0.1) is 10.8 Å². The fourth-order valence-electron chi connectivity index (χ4n) is 3.25. The number of fused-ring (bicyclic) bond motifs is 1. The van der Waals surface area contributed by atoms with Gasteiger partial charge in [-0.1, -0.05) is 17.7 Å². The first kappa shape index (κ1) is 25.1. The molecule has 6 nitrogen and oxygen atoms in total. The van der Waals surface area contributed by atoms with Crippen LogP contribution >= 0.6 is 35.3 Å². The van der Waals surface area contributed by atoms with Crippen LogP contribution in [0.2, 0.25) is 5.15 Å².